The van der Waals surface area contributed by atoms with Gasteiger partial charge in [-0.1, -0.05) is 0 Å². The molecule has 0 heterocycles. The standard InChI is InChI=1S/Ca.K.Mg.H2O4S.5H/c;;;1-5(2,3)4;;;;;/h;;;(H2,1,2,3,4);;;;;/q+2;+1;+2;;5*-1. The van der Waals surface area contributed by atoms with Crippen LogP contribution in [0.5, 0.6) is 0 Å². The first kappa shape index (κ1) is 22.5. The summed E-state index contributed by atoms with van der Waals surface area (Å²) in [5.74, 6) is 0. The van der Waals surface area contributed by atoms with E-state index in [0.717, 1.165) is 0 Å². The summed E-state index contributed by atoms with van der Waals surface area (Å²) in [7, 11) is -4.67. The normalized spacial score (nSPS) is 7.25. The molecule has 0 saturated carbocycles. The third kappa shape index (κ3) is 55.6. The van der Waals surface area contributed by atoms with Crippen molar-refractivity contribution >= 4 is 71.2 Å². The summed E-state index contributed by atoms with van der Waals surface area (Å²) in [4.78, 5) is 0. The van der Waals surface area contributed by atoms with Crippen molar-refractivity contribution in [2.75, 3.05) is 0 Å². The smallest absolute Gasteiger partial charge is 1.00 e. The maximum Gasteiger partial charge on any atom is 2.00 e. The molecule has 42 valence electrons. The second-order valence-electron chi connectivity index (χ2n) is 0.448. The van der Waals surface area contributed by atoms with Gasteiger partial charge >= 0.3 is 123 Å². The fourth-order valence-corrected chi connectivity index (χ4v) is 0. The molecule has 0 unspecified atom stereocenters. The Morgan fingerprint density at radius 3 is 1.25 bits per heavy atom. The monoisotopic (exact) mass is 206 g/mol. The molecular weight excluding hydrogens is 200 g/mol. The zero-order valence-electron chi connectivity index (χ0n) is 9.53. The molecular formula is H7CaKMgO4S. The van der Waals surface area contributed by atoms with E-state index in [1.165, 1.54) is 0 Å². The predicted octanol–water partition coefficient (Wildman–Crippen LogP) is -3.85. The van der Waals surface area contributed by atoms with Gasteiger partial charge < -0.3 is 7.13 Å². The van der Waals surface area contributed by atoms with Crippen LogP contribution in [-0.4, -0.2) is 78.3 Å². The molecule has 0 radical (unpaired) electrons. The molecule has 0 spiro atoms. The van der Waals surface area contributed by atoms with Crippen LogP contribution in [0.25, 0.3) is 0 Å². The van der Waals surface area contributed by atoms with E-state index in [0.29, 0.717) is 0 Å². The Morgan fingerprint density at radius 2 is 1.25 bits per heavy atom. The van der Waals surface area contributed by atoms with Gasteiger partial charge in [-0.3, -0.25) is 9.11 Å². The summed E-state index contributed by atoms with van der Waals surface area (Å²) in [6, 6.07) is 0. The molecule has 0 aliphatic rings. The summed E-state index contributed by atoms with van der Waals surface area (Å²) < 4.78 is 31.6. The van der Waals surface area contributed by atoms with Gasteiger partial charge in [0.05, 0.1) is 0 Å². The van der Waals surface area contributed by atoms with Gasteiger partial charge in [0, 0.05) is 0 Å². The minimum atomic E-state index is -4.67. The number of hydrogen-bond donors (Lipinski definition) is 2. The molecule has 0 amide bonds. The van der Waals surface area contributed by atoms with Crippen LogP contribution in [0.1, 0.15) is 7.13 Å². The SMILES string of the molecule is O=S(=O)(O)O.[Ca+2].[H-].[H-].[H-].[H-].[H-].[K+].[Mg+2]. The minimum Gasteiger partial charge on any atom is -1.00 e. The van der Waals surface area contributed by atoms with Crippen molar-refractivity contribution in [2.45, 2.75) is 0 Å². The molecule has 2 N–H and O–H groups in total. The van der Waals surface area contributed by atoms with Crippen LogP contribution in [0.15, 0.2) is 0 Å². The van der Waals surface area contributed by atoms with Gasteiger partial charge in [0.25, 0.3) is 0 Å². The molecule has 8 heteroatoms. The van der Waals surface area contributed by atoms with Crippen LogP contribution in [0.2, 0.25) is 0 Å². The zero-order chi connectivity index (χ0) is 4.50. The summed E-state index contributed by atoms with van der Waals surface area (Å²) in [5, 5.41) is 0. The average Bonchev–Trinajstić information content (AvgIpc) is 0.722. The summed E-state index contributed by atoms with van der Waals surface area (Å²) in [5.41, 5.74) is 0. The Morgan fingerprint density at radius 1 is 1.25 bits per heavy atom. The first-order valence-electron chi connectivity index (χ1n) is 0.698. The molecule has 0 bridgehead atoms. The van der Waals surface area contributed by atoms with Crippen LogP contribution in [0, 0.1) is 0 Å². The Bertz CT molecular complexity index is 112. The molecule has 0 saturated heterocycles. The average molecular weight is 207 g/mol. The van der Waals surface area contributed by atoms with E-state index in [-0.39, 0.29) is 119 Å². The van der Waals surface area contributed by atoms with E-state index in [1.807, 2.05) is 0 Å². The first-order valence-corrected chi connectivity index (χ1v) is 2.10. The van der Waals surface area contributed by atoms with Crippen LogP contribution in [-0.2, 0) is 10.4 Å². The molecule has 0 aromatic heterocycles. The maximum absolute atomic E-state index is 8.74. The quantitative estimate of drug-likeness (QED) is 0.315. The predicted molar refractivity (Wildman–Crippen MR) is 31.2 cm³/mol. The van der Waals surface area contributed by atoms with Crippen LogP contribution < -0.4 is 51.4 Å². The van der Waals surface area contributed by atoms with Crippen LogP contribution >= 0.6 is 0 Å². The summed E-state index contributed by atoms with van der Waals surface area (Å²) in [6.07, 6.45) is 0. The molecule has 0 fully saturated rings. The van der Waals surface area contributed by atoms with Gasteiger partial charge in [-0.05, 0) is 0 Å². The minimum absolute atomic E-state index is 0. The van der Waals surface area contributed by atoms with E-state index < -0.39 is 10.4 Å². The number of rotatable bonds is 0. The van der Waals surface area contributed by atoms with Crippen molar-refractivity contribution in [1.29, 1.82) is 0 Å². The summed E-state index contributed by atoms with van der Waals surface area (Å²) in [6.45, 7) is 0. The zero-order valence-corrected chi connectivity index (χ0v) is 12.1. The van der Waals surface area contributed by atoms with Gasteiger partial charge in [-0.15, -0.1) is 0 Å². The van der Waals surface area contributed by atoms with E-state index in [1.54, 1.807) is 0 Å². The van der Waals surface area contributed by atoms with Gasteiger partial charge in [0.2, 0.25) is 0 Å². The molecule has 0 atom stereocenters. The van der Waals surface area contributed by atoms with Gasteiger partial charge in [0.1, 0.15) is 0 Å². The molecule has 0 aromatic carbocycles. The van der Waals surface area contributed by atoms with Crippen molar-refractivity contribution < 1.29 is 76.0 Å². The fourth-order valence-electron chi connectivity index (χ4n) is 0. The molecule has 0 aliphatic heterocycles. The Balaban J connectivity index is -0.00000000286. The fraction of sp³-hybridized carbons (Fsp3) is 0. The Kier molecular flexibility index (Phi) is 29.7. The topological polar surface area (TPSA) is 74.6 Å². The third-order valence-electron chi connectivity index (χ3n) is 0. The Hall–Kier alpha value is 3.53. The van der Waals surface area contributed by atoms with Crippen molar-refractivity contribution in [1.82, 2.24) is 0 Å². The van der Waals surface area contributed by atoms with Gasteiger partial charge in [-0.25, -0.2) is 0 Å². The van der Waals surface area contributed by atoms with E-state index in [2.05, 4.69) is 0 Å². The van der Waals surface area contributed by atoms with E-state index in [4.69, 9.17) is 17.5 Å². The van der Waals surface area contributed by atoms with Gasteiger partial charge in [0.15, 0.2) is 0 Å². The van der Waals surface area contributed by atoms with E-state index >= 15 is 0 Å². The summed E-state index contributed by atoms with van der Waals surface area (Å²) >= 11 is 0. The van der Waals surface area contributed by atoms with Crippen molar-refractivity contribution in [2.24, 2.45) is 0 Å². The number of hydrogen-bond acceptors (Lipinski definition) is 2. The van der Waals surface area contributed by atoms with Crippen LogP contribution in [0.3, 0.4) is 0 Å². The maximum atomic E-state index is 8.74. The van der Waals surface area contributed by atoms with Gasteiger partial charge in [-0.2, -0.15) is 8.42 Å². The van der Waals surface area contributed by atoms with Crippen molar-refractivity contribution in [3.05, 3.63) is 0 Å². The Labute approximate surface area is 144 Å². The van der Waals surface area contributed by atoms with Crippen LogP contribution in [0.4, 0.5) is 0 Å². The molecule has 0 aliphatic carbocycles. The molecule has 4 nitrogen and oxygen atoms in total. The largest absolute Gasteiger partial charge is 2.00 e. The van der Waals surface area contributed by atoms with E-state index in [9.17, 15) is 0 Å². The second-order valence-corrected chi connectivity index (χ2v) is 1.34. The second kappa shape index (κ2) is 10.5. The molecule has 0 rings (SSSR count). The van der Waals surface area contributed by atoms with Crippen molar-refractivity contribution in [3.63, 3.8) is 0 Å². The third-order valence-corrected chi connectivity index (χ3v) is 0. The molecule has 8 heavy (non-hydrogen) atoms. The first-order chi connectivity index (χ1) is 2.00. The van der Waals surface area contributed by atoms with Crippen molar-refractivity contribution in [3.8, 4) is 0 Å². The molecule has 0 aromatic rings.